The number of fused-ring (bicyclic) bond motifs is 1. The van der Waals surface area contributed by atoms with Crippen LogP contribution in [0.1, 0.15) is 5.56 Å². The summed E-state index contributed by atoms with van der Waals surface area (Å²) in [6.45, 7) is 0. The molecule has 0 spiro atoms. The summed E-state index contributed by atoms with van der Waals surface area (Å²) in [6, 6.07) is 8.07. The van der Waals surface area contributed by atoms with E-state index in [0.29, 0.717) is 6.42 Å². The van der Waals surface area contributed by atoms with Crippen molar-refractivity contribution in [3.05, 3.63) is 28.2 Å². The first-order valence-corrected chi connectivity index (χ1v) is 5.67. The van der Waals surface area contributed by atoms with E-state index in [-0.39, 0.29) is 0 Å². The highest BCUT2D eigenvalue weighted by molar-refractivity contribution is 9.10. The molecule has 0 radical (unpaired) electrons. The zero-order valence-corrected chi connectivity index (χ0v) is 9.65. The number of thiophene rings is 1. The molecule has 0 saturated carbocycles. The molecule has 0 fully saturated rings. The van der Waals surface area contributed by atoms with Crippen LogP contribution in [-0.4, -0.2) is 0 Å². The standard InChI is InChI=1S/C10H7BrN2S/c11-8-3-1-2-6-7(4-5-12)10(13)14-9(6)8/h1-3H,4,13H2. The highest BCUT2D eigenvalue weighted by Gasteiger charge is 2.10. The Morgan fingerprint density at radius 2 is 2.29 bits per heavy atom. The lowest BCUT2D eigenvalue weighted by atomic mass is 10.1. The molecule has 0 amide bonds. The van der Waals surface area contributed by atoms with Gasteiger partial charge in [0.25, 0.3) is 0 Å². The second kappa shape index (κ2) is 3.60. The molecular weight excluding hydrogens is 260 g/mol. The zero-order chi connectivity index (χ0) is 10.1. The van der Waals surface area contributed by atoms with Gasteiger partial charge >= 0.3 is 0 Å². The molecule has 1 aromatic heterocycles. The summed E-state index contributed by atoms with van der Waals surface area (Å²) in [4.78, 5) is 0. The molecule has 2 rings (SSSR count). The van der Waals surface area contributed by atoms with Crippen molar-refractivity contribution in [3.63, 3.8) is 0 Å². The van der Waals surface area contributed by atoms with Gasteiger partial charge in [-0.2, -0.15) is 5.26 Å². The number of hydrogen-bond donors (Lipinski definition) is 1. The summed E-state index contributed by atoms with van der Waals surface area (Å²) >= 11 is 4.99. The van der Waals surface area contributed by atoms with E-state index in [2.05, 4.69) is 22.0 Å². The molecule has 0 unspecified atom stereocenters. The third-order valence-electron chi connectivity index (χ3n) is 2.06. The molecule has 0 atom stereocenters. The monoisotopic (exact) mass is 266 g/mol. The minimum Gasteiger partial charge on any atom is -0.390 e. The fraction of sp³-hybridized carbons (Fsp3) is 0.100. The summed E-state index contributed by atoms with van der Waals surface area (Å²) in [6.07, 6.45) is 0.377. The molecular formula is C10H7BrN2S. The van der Waals surface area contributed by atoms with Gasteiger partial charge in [-0.3, -0.25) is 0 Å². The number of rotatable bonds is 1. The van der Waals surface area contributed by atoms with Crippen molar-refractivity contribution in [3.8, 4) is 6.07 Å². The average Bonchev–Trinajstić information content (AvgIpc) is 2.47. The number of anilines is 1. The Hall–Kier alpha value is -1.05. The maximum Gasteiger partial charge on any atom is 0.0912 e. The Kier molecular flexibility index (Phi) is 2.44. The van der Waals surface area contributed by atoms with E-state index in [1.165, 1.54) is 11.3 Å². The van der Waals surface area contributed by atoms with Crippen LogP contribution in [0.4, 0.5) is 5.00 Å². The molecule has 4 heteroatoms. The highest BCUT2D eigenvalue weighted by atomic mass is 79.9. The third kappa shape index (κ3) is 1.39. The van der Waals surface area contributed by atoms with Crippen LogP contribution in [0.3, 0.4) is 0 Å². The Labute approximate surface area is 94.1 Å². The van der Waals surface area contributed by atoms with Gasteiger partial charge in [-0.25, -0.2) is 0 Å². The van der Waals surface area contributed by atoms with Crippen molar-refractivity contribution >= 4 is 42.4 Å². The predicted molar refractivity (Wildman–Crippen MR) is 63.3 cm³/mol. The van der Waals surface area contributed by atoms with Crippen LogP contribution < -0.4 is 5.73 Å². The van der Waals surface area contributed by atoms with Crippen molar-refractivity contribution in [1.82, 2.24) is 0 Å². The van der Waals surface area contributed by atoms with E-state index < -0.39 is 0 Å². The molecule has 14 heavy (non-hydrogen) atoms. The first kappa shape index (κ1) is 9.50. The third-order valence-corrected chi connectivity index (χ3v) is 4.09. The second-order valence-corrected chi connectivity index (χ2v) is 4.80. The highest BCUT2D eigenvalue weighted by Crippen LogP contribution is 2.37. The van der Waals surface area contributed by atoms with Crippen LogP contribution in [0, 0.1) is 11.3 Å². The Bertz CT molecular complexity index is 525. The fourth-order valence-electron chi connectivity index (χ4n) is 1.42. The van der Waals surface area contributed by atoms with Crippen molar-refractivity contribution in [1.29, 1.82) is 5.26 Å². The summed E-state index contributed by atoms with van der Waals surface area (Å²) in [5.74, 6) is 0. The maximum atomic E-state index is 8.68. The second-order valence-electron chi connectivity index (χ2n) is 2.90. The van der Waals surface area contributed by atoms with E-state index in [1.54, 1.807) is 0 Å². The molecule has 0 aliphatic carbocycles. The van der Waals surface area contributed by atoms with E-state index in [9.17, 15) is 0 Å². The topological polar surface area (TPSA) is 49.8 Å². The van der Waals surface area contributed by atoms with Crippen LogP contribution in [0.15, 0.2) is 22.7 Å². The largest absolute Gasteiger partial charge is 0.390 e. The molecule has 1 aromatic carbocycles. The summed E-state index contributed by atoms with van der Waals surface area (Å²) in [5, 5.41) is 10.5. The SMILES string of the molecule is N#CCc1c(N)sc2c(Br)cccc12. The van der Waals surface area contributed by atoms with Crippen molar-refractivity contribution in [2.45, 2.75) is 6.42 Å². The number of nitrogens with two attached hydrogens (primary N) is 1. The Morgan fingerprint density at radius 1 is 1.50 bits per heavy atom. The van der Waals surface area contributed by atoms with Gasteiger partial charge in [-0.1, -0.05) is 12.1 Å². The van der Waals surface area contributed by atoms with Crippen molar-refractivity contribution < 1.29 is 0 Å². The number of nitrogens with zero attached hydrogens (tertiary/aromatic N) is 1. The lowest BCUT2D eigenvalue weighted by molar-refractivity contribution is 1.30. The molecule has 1 heterocycles. The number of nitriles is 1. The summed E-state index contributed by atoms with van der Waals surface area (Å²) in [7, 11) is 0. The van der Waals surface area contributed by atoms with E-state index in [4.69, 9.17) is 11.0 Å². The number of halogens is 1. The lowest BCUT2D eigenvalue weighted by Gasteiger charge is -1.94. The quantitative estimate of drug-likeness (QED) is 0.861. The molecule has 2 N–H and O–H groups in total. The maximum absolute atomic E-state index is 8.68. The van der Waals surface area contributed by atoms with Gasteiger partial charge in [0.1, 0.15) is 0 Å². The van der Waals surface area contributed by atoms with Gasteiger partial charge in [0.2, 0.25) is 0 Å². The fourth-order valence-corrected chi connectivity index (χ4v) is 3.02. The van der Waals surface area contributed by atoms with Gasteiger partial charge in [0, 0.05) is 10.0 Å². The van der Waals surface area contributed by atoms with Gasteiger partial charge in [0.15, 0.2) is 0 Å². The van der Waals surface area contributed by atoms with Crippen LogP contribution >= 0.6 is 27.3 Å². The summed E-state index contributed by atoms with van der Waals surface area (Å²) < 4.78 is 2.16. The van der Waals surface area contributed by atoms with Gasteiger partial charge in [-0.05, 0) is 27.4 Å². The minimum atomic E-state index is 0.377. The minimum absolute atomic E-state index is 0.377. The lowest BCUT2D eigenvalue weighted by Crippen LogP contribution is -1.86. The van der Waals surface area contributed by atoms with E-state index >= 15 is 0 Å². The first-order chi connectivity index (χ1) is 6.74. The van der Waals surface area contributed by atoms with E-state index in [1.807, 2.05) is 18.2 Å². The molecule has 0 bridgehead atoms. The molecule has 0 aliphatic heterocycles. The normalized spacial score (nSPS) is 10.3. The van der Waals surface area contributed by atoms with Crippen molar-refractivity contribution in [2.75, 3.05) is 5.73 Å². The Balaban J connectivity index is 2.78. The van der Waals surface area contributed by atoms with Gasteiger partial charge < -0.3 is 5.73 Å². The average molecular weight is 267 g/mol. The van der Waals surface area contributed by atoms with Gasteiger partial charge in [0.05, 0.1) is 22.2 Å². The number of nitrogen functional groups attached to an aromatic ring is 1. The number of hydrogen-bond acceptors (Lipinski definition) is 3. The van der Waals surface area contributed by atoms with Gasteiger partial charge in [-0.15, -0.1) is 11.3 Å². The molecule has 0 aliphatic rings. The molecule has 70 valence electrons. The van der Waals surface area contributed by atoms with Crippen LogP contribution in [0.5, 0.6) is 0 Å². The first-order valence-electron chi connectivity index (χ1n) is 4.06. The number of benzene rings is 1. The van der Waals surface area contributed by atoms with Crippen LogP contribution in [-0.2, 0) is 6.42 Å². The molecule has 2 nitrogen and oxygen atoms in total. The molecule has 0 saturated heterocycles. The van der Waals surface area contributed by atoms with Crippen LogP contribution in [0.2, 0.25) is 0 Å². The van der Waals surface area contributed by atoms with E-state index in [0.717, 1.165) is 25.1 Å². The molecule has 2 aromatic rings. The predicted octanol–water partition coefficient (Wildman–Crippen LogP) is 3.31. The summed E-state index contributed by atoms with van der Waals surface area (Å²) in [5.41, 5.74) is 6.81. The smallest absolute Gasteiger partial charge is 0.0912 e. The Morgan fingerprint density at radius 3 is 3.00 bits per heavy atom. The van der Waals surface area contributed by atoms with Crippen molar-refractivity contribution in [2.24, 2.45) is 0 Å². The van der Waals surface area contributed by atoms with Crippen LogP contribution in [0.25, 0.3) is 10.1 Å². The zero-order valence-electron chi connectivity index (χ0n) is 7.25.